The fourth-order valence-corrected chi connectivity index (χ4v) is 2.64. The lowest BCUT2D eigenvalue weighted by atomic mass is 10.2. The molecule has 2 heterocycles. The standard InChI is InChI=1S/C18H13FN8O5/c1-31-13-7-9(6-12(14(13)28)27(29)30)8-20-24-16-15(21-11-5-3-2-4-10(11)19)22-17-18(23-16)26-32-25-17/h2-8,28H,1H3,(H,21,22,25)(H,23,24,26). The summed E-state index contributed by atoms with van der Waals surface area (Å²) in [6, 6.07) is 8.39. The number of aromatic hydroxyl groups is 1. The van der Waals surface area contributed by atoms with Crippen LogP contribution in [0.3, 0.4) is 0 Å². The van der Waals surface area contributed by atoms with Gasteiger partial charge in [0.05, 0.1) is 23.9 Å². The lowest BCUT2D eigenvalue weighted by Crippen LogP contribution is -2.04. The Hall–Kier alpha value is -4.88. The summed E-state index contributed by atoms with van der Waals surface area (Å²) in [5, 5.41) is 35.0. The third-order valence-electron chi connectivity index (χ3n) is 4.12. The molecule has 2 aromatic carbocycles. The van der Waals surface area contributed by atoms with Gasteiger partial charge in [-0.2, -0.15) is 10.1 Å². The molecule has 0 aliphatic carbocycles. The van der Waals surface area contributed by atoms with Crippen molar-refractivity contribution in [3.63, 3.8) is 0 Å². The highest BCUT2D eigenvalue weighted by Gasteiger charge is 2.19. The molecule has 0 atom stereocenters. The van der Waals surface area contributed by atoms with Crippen LogP contribution < -0.4 is 15.5 Å². The number of halogens is 1. The molecule has 14 heteroatoms. The molecular formula is C18H13FN8O5. The third kappa shape index (κ3) is 4.04. The number of phenols is 1. The van der Waals surface area contributed by atoms with E-state index in [4.69, 9.17) is 4.74 Å². The van der Waals surface area contributed by atoms with E-state index >= 15 is 0 Å². The highest BCUT2D eigenvalue weighted by atomic mass is 19.1. The van der Waals surface area contributed by atoms with Crippen molar-refractivity contribution in [2.24, 2.45) is 5.10 Å². The van der Waals surface area contributed by atoms with E-state index in [1.807, 2.05) is 0 Å². The second kappa shape index (κ2) is 8.47. The molecule has 4 rings (SSSR count). The minimum Gasteiger partial charge on any atom is -0.500 e. The SMILES string of the molecule is COc1cc(C=NNc2nc3nonc3nc2Nc2ccccc2F)cc([N+](=O)[O-])c1O. The largest absolute Gasteiger partial charge is 0.500 e. The molecule has 0 spiro atoms. The van der Waals surface area contributed by atoms with Gasteiger partial charge in [-0.25, -0.2) is 14.0 Å². The molecule has 0 aliphatic heterocycles. The number of hydrogen-bond donors (Lipinski definition) is 3. The Balaban J connectivity index is 1.66. The fraction of sp³-hybridized carbons (Fsp3) is 0.0556. The summed E-state index contributed by atoms with van der Waals surface area (Å²) in [4.78, 5) is 18.7. The first kappa shape index (κ1) is 20.4. The van der Waals surface area contributed by atoms with Crippen molar-refractivity contribution in [3.05, 3.63) is 57.9 Å². The number of methoxy groups -OCH3 is 1. The van der Waals surface area contributed by atoms with Gasteiger partial charge in [0.2, 0.25) is 17.0 Å². The number of aromatic nitrogens is 4. The lowest BCUT2D eigenvalue weighted by Gasteiger charge is -2.10. The number of ether oxygens (including phenoxy) is 1. The number of nitrogens with zero attached hydrogens (tertiary/aromatic N) is 6. The van der Waals surface area contributed by atoms with E-state index in [0.29, 0.717) is 0 Å². The second-order valence-corrected chi connectivity index (χ2v) is 6.16. The van der Waals surface area contributed by atoms with E-state index < -0.39 is 22.2 Å². The number of hydrogen-bond acceptors (Lipinski definition) is 12. The van der Waals surface area contributed by atoms with Crippen LogP contribution >= 0.6 is 0 Å². The number of fused-ring (bicyclic) bond motifs is 1. The zero-order chi connectivity index (χ0) is 22.7. The van der Waals surface area contributed by atoms with Crippen molar-refractivity contribution in [3.8, 4) is 11.5 Å². The molecule has 0 saturated carbocycles. The Labute approximate surface area is 177 Å². The number of benzene rings is 2. The van der Waals surface area contributed by atoms with Crippen LogP contribution in [0.2, 0.25) is 0 Å². The van der Waals surface area contributed by atoms with Crippen LogP contribution in [0, 0.1) is 15.9 Å². The summed E-state index contributed by atoms with van der Waals surface area (Å²) in [6.45, 7) is 0. The van der Waals surface area contributed by atoms with Crippen molar-refractivity contribution >= 4 is 40.5 Å². The van der Waals surface area contributed by atoms with Crippen LogP contribution in [0.4, 0.5) is 27.4 Å². The van der Waals surface area contributed by atoms with Gasteiger partial charge < -0.3 is 15.2 Å². The van der Waals surface area contributed by atoms with Gasteiger partial charge in [0.1, 0.15) is 5.82 Å². The Morgan fingerprint density at radius 2 is 1.94 bits per heavy atom. The molecule has 0 aliphatic rings. The fourth-order valence-electron chi connectivity index (χ4n) is 2.64. The van der Waals surface area contributed by atoms with Crippen molar-refractivity contribution in [1.29, 1.82) is 0 Å². The summed E-state index contributed by atoms with van der Waals surface area (Å²) >= 11 is 0. The molecule has 0 amide bonds. The molecule has 32 heavy (non-hydrogen) atoms. The average molecular weight is 440 g/mol. The topological polar surface area (TPSA) is 174 Å². The minimum atomic E-state index is -0.754. The minimum absolute atomic E-state index is 0.0490. The van der Waals surface area contributed by atoms with Gasteiger partial charge in [-0.3, -0.25) is 15.5 Å². The van der Waals surface area contributed by atoms with E-state index in [-0.39, 0.29) is 39.9 Å². The molecule has 0 radical (unpaired) electrons. The molecule has 0 bridgehead atoms. The van der Waals surface area contributed by atoms with Gasteiger partial charge in [-0.05, 0) is 28.5 Å². The van der Waals surface area contributed by atoms with Crippen molar-refractivity contribution < 1.29 is 23.8 Å². The number of phenolic OH excluding ortho intramolecular Hbond substituents is 1. The van der Waals surface area contributed by atoms with E-state index in [9.17, 15) is 19.6 Å². The van der Waals surface area contributed by atoms with E-state index in [0.717, 1.165) is 6.07 Å². The average Bonchev–Trinajstić information content (AvgIpc) is 3.23. The number of hydrazone groups is 1. The Kier molecular flexibility index (Phi) is 5.40. The van der Waals surface area contributed by atoms with E-state index in [2.05, 4.69) is 40.8 Å². The van der Waals surface area contributed by atoms with Gasteiger partial charge in [-0.1, -0.05) is 12.1 Å². The maximum absolute atomic E-state index is 14.0. The molecule has 0 saturated heterocycles. The number of nitro groups is 1. The highest BCUT2D eigenvalue weighted by molar-refractivity contribution is 5.84. The number of para-hydroxylation sites is 1. The number of nitro benzene ring substituents is 1. The third-order valence-corrected chi connectivity index (χ3v) is 4.12. The zero-order valence-corrected chi connectivity index (χ0v) is 16.2. The predicted octanol–water partition coefficient (Wildman–Crippen LogP) is 2.96. The van der Waals surface area contributed by atoms with Crippen LogP contribution in [-0.2, 0) is 0 Å². The smallest absolute Gasteiger partial charge is 0.315 e. The maximum atomic E-state index is 14.0. The van der Waals surface area contributed by atoms with Crippen LogP contribution in [0.5, 0.6) is 11.5 Å². The van der Waals surface area contributed by atoms with Gasteiger partial charge >= 0.3 is 5.69 Å². The molecule has 2 aromatic heterocycles. The Morgan fingerprint density at radius 1 is 1.22 bits per heavy atom. The van der Waals surface area contributed by atoms with Crippen LogP contribution in [0.15, 0.2) is 46.1 Å². The first-order valence-corrected chi connectivity index (χ1v) is 8.82. The molecule has 162 valence electrons. The predicted molar refractivity (Wildman–Crippen MR) is 110 cm³/mol. The first-order chi connectivity index (χ1) is 15.5. The quantitative estimate of drug-likeness (QED) is 0.219. The van der Waals surface area contributed by atoms with Crippen molar-refractivity contribution in [2.75, 3.05) is 17.9 Å². The summed E-state index contributed by atoms with van der Waals surface area (Å²) in [6.07, 6.45) is 1.23. The van der Waals surface area contributed by atoms with Crippen LogP contribution in [-0.4, -0.2) is 43.6 Å². The van der Waals surface area contributed by atoms with Crippen LogP contribution in [0.25, 0.3) is 11.3 Å². The number of nitrogens with one attached hydrogen (secondary N) is 2. The summed E-state index contributed by atoms with van der Waals surface area (Å²) in [5.41, 5.74) is 2.59. The lowest BCUT2D eigenvalue weighted by molar-refractivity contribution is -0.386. The Bertz CT molecular complexity index is 1340. The van der Waals surface area contributed by atoms with Crippen LogP contribution in [0.1, 0.15) is 5.56 Å². The van der Waals surface area contributed by atoms with Gasteiger partial charge in [0.25, 0.3) is 0 Å². The molecule has 13 nitrogen and oxygen atoms in total. The van der Waals surface area contributed by atoms with E-state index in [1.54, 1.807) is 6.07 Å². The monoisotopic (exact) mass is 440 g/mol. The highest BCUT2D eigenvalue weighted by Crippen LogP contribution is 2.36. The molecule has 0 fully saturated rings. The molecular weight excluding hydrogens is 427 g/mol. The summed E-state index contributed by atoms with van der Waals surface area (Å²) in [7, 11) is 1.26. The summed E-state index contributed by atoms with van der Waals surface area (Å²) in [5.74, 6) is -1.10. The molecule has 4 aromatic rings. The molecule has 0 unspecified atom stereocenters. The van der Waals surface area contributed by atoms with Gasteiger partial charge in [-0.15, -0.1) is 0 Å². The van der Waals surface area contributed by atoms with Crippen molar-refractivity contribution in [1.82, 2.24) is 20.3 Å². The van der Waals surface area contributed by atoms with Gasteiger partial charge in [0, 0.05) is 11.6 Å². The number of rotatable bonds is 7. The normalized spacial score (nSPS) is 11.1. The Morgan fingerprint density at radius 3 is 2.62 bits per heavy atom. The second-order valence-electron chi connectivity index (χ2n) is 6.16. The van der Waals surface area contributed by atoms with Gasteiger partial charge in [0.15, 0.2) is 17.4 Å². The summed E-state index contributed by atoms with van der Waals surface area (Å²) < 4.78 is 23.6. The van der Waals surface area contributed by atoms with Crippen molar-refractivity contribution in [2.45, 2.75) is 0 Å². The molecule has 3 N–H and O–H groups in total. The zero-order valence-electron chi connectivity index (χ0n) is 16.2. The van der Waals surface area contributed by atoms with E-state index in [1.165, 1.54) is 37.6 Å². The maximum Gasteiger partial charge on any atom is 0.315 e. The number of anilines is 3. The first-order valence-electron chi connectivity index (χ1n) is 8.82.